The second-order valence-corrected chi connectivity index (χ2v) is 17.7. The minimum Gasteiger partial charge on any atom is -0.282 e. The fourth-order valence-corrected chi connectivity index (χ4v) is 10.9. The van der Waals surface area contributed by atoms with Gasteiger partial charge in [0.1, 0.15) is 0 Å². The highest BCUT2D eigenvalue weighted by Crippen LogP contribution is 2.67. The molecule has 4 nitrogen and oxygen atoms in total. The van der Waals surface area contributed by atoms with Crippen LogP contribution in [0.25, 0.3) is 0 Å². The van der Waals surface area contributed by atoms with E-state index in [1.807, 2.05) is 12.5 Å². The van der Waals surface area contributed by atoms with Gasteiger partial charge >= 0.3 is 0 Å². The van der Waals surface area contributed by atoms with Gasteiger partial charge in [-0.25, -0.2) is 4.57 Å². The van der Waals surface area contributed by atoms with Crippen molar-refractivity contribution in [1.82, 2.24) is 0 Å². The highest BCUT2D eigenvalue weighted by Gasteiger charge is 2.59. The smallest absolute Gasteiger partial charge is 0.282 e. The third-order valence-electron chi connectivity index (χ3n) is 13.0. The lowest BCUT2D eigenvalue weighted by Crippen LogP contribution is -2.52. The van der Waals surface area contributed by atoms with Gasteiger partial charge in [-0.05, 0) is 116 Å². The van der Waals surface area contributed by atoms with E-state index in [0.29, 0.717) is 16.9 Å². The van der Waals surface area contributed by atoms with Crippen molar-refractivity contribution in [2.75, 3.05) is 0 Å². The van der Waals surface area contributed by atoms with Crippen LogP contribution in [-0.4, -0.2) is 13.0 Å². The van der Waals surface area contributed by atoms with Crippen molar-refractivity contribution in [3.63, 3.8) is 0 Å². The molecule has 0 radical (unpaired) electrons. The average molecular weight is 635 g/mol. The summed E-state index contributed by atoms with van der Waals surface area (Å²) in [5.74, 6) is 5.60. The molecule has 1 aromatic carbocycles. The molecule has 0 bridgehead atoms. The van der Waals surface area contributed by atoms with Crippen LogP contribution >= 0.6 is 0 Å². The second-order valence-electron chi connectivity index (χ2n) is 16.3. The molecule has 248 valence electrons. The quantitative estimate of drug-likeness (QED) is 0.187. The zero-order valence-corrected chi connectivity index (χ0v) is 30.0. The lowest BCUT2D eigenvalue weighted by Gasteiger charge is -2.58. The number of allylic oxidation sites excluding steroid dienone is 2. The zero-order chi connectivity index (χ0) is 32.6. The largest absolute Gasteiger partial charge is 0.294 e. The van der Waals surface area contributed by atoms with Crippen LogP contribution < -0.4 is 4.57 Å². The Balaban J connectivity index is 0.000000309. The maximum absolute atomic E-state index is 10.5. The highest BCUT2D eigenvalue weighted by atomic mass is 32.2. The van der Waals surface area contributed by atoms with Gasteiger partial charge in [0.05, 0.1) is 4.90 Å². The fourth-order valence-electron chi connectivity index (χ4n) is 10.4. The number of pyridine rings is 1. The molecule has 3 fully saturated rings. The van der Waals surface area contributed by atoms with Gasteiger partial charge < -0.3 is 0 Å². The van der Waals surface area contributed by atoms with Crippen molar-refractivity contribution in [3.05, 3.63) is 71.6 Å². The molecule has 0 spiro atoms. The molecule has 2 aromatic rings. The molecule has 8 atom stereocenters. The molecular formula is C40H60NO3S+. The van der Waals surface area contributed by atoms with E-state index in [4.69, 9.17) is 4.55 Å². The second kappa shape index (κ2) is 13.6. The first-order valence-electron chi connectivity index (χ1n) is 17.9. The molecule has 4 aliphatic carbocycles. The molecule has 4 aliphatic rings. The third kappa shape index (κ3) is 7.30. The minimum atomic E-state index is -4.02. The van der Waals surface area contributed by atoms with Crippen molar-refractivity contribution in [2.45, 2.75) is 130 Å². The van der Waals surface area contributed by atoms with Crippen LogP contribution in [0.1, 0.15) is 122 Å². The molecule has 45 heavy (non-hydrogen) atoms. The molecule has 0 saturated heterocycles. The maximum Gasteiger partial charge on any atom is 0.294 e. The summed E-state index contributed by atoms with van der Waals surface area (Å²) < 4.78 is 32.1. The number of aromatic nitrogens is 1. The number of aryl methyl sites for hydroxylation is 2. The number of hydrogen-bond donors (Lipinski definition) is 1. The highest BCUT2D eigenvalue weighted by molar-refractivity contribution is 7.85. The monoisotopic (exact) mass is 634 g/mol. The van der Waals surface area contributed by atoms with Crippen LogP contribution in [0.4, 0.5) is 0 Å². The van der Waals surface area contributed by atoms with Crippen molar-refractivity contribution >= 4 is 10.1 Å². The Hall–Kier alpha value is -1.98. The molecule has 5 heteroatoms. The predicted octanol–water partition coefficient (Wildman–Crippen LogP) is 10.1. The number of benzene rings is 1. The summed E-state index contributed by atoms with van der Waals surface area (Å²) in [6.07, 6.45) is 23.1. The van der Waals surface area contributed by atoms with Crippen molar-refractivity contribution in [3.8, 4) is 0 Å². The Bertz CT molecular complexity index is 1430. The lowest BCUT2D eigenvalue weighted by molar-refractivity contribution is -0.725. The van der Waals surface area contributed by atoms with Crippen molar-refractivity contribution in [1.29, 1.82) is 0 Å². The van der Waals surface area contributed by atoms with Gasteiger partial charge in [-0.1, -0.05) is 83.2 Å². The van der Waals surface area contributed by atoms with E-state index in [1.165, 1.54) is 88.3 Å². The van der Waals surface area contributed by atoms with Crippen LogP contribution in [0.15, 0.2) is 65.3 Å². The van der Waals surface area contributed by atoms with Crippen LogP contribution in [0.2, 0.25) is 0 Å². The number of fused-ring (bicyclic) bond motifs is 5. The summed E-state index contributed by atoms with van der Waals surface area (Å²) in [6, 6.07) is 11.2. The van der Waals surface area contributed by atoms with E-state index in [-0.39, 0.29) is 4.90 Å². The van der Waals surface area contributed by atoms with E-state index in [0.717, 1.165) is 41.1 Å². The van der Waals surface area contributed by atoms with Crippen LogP contribution in [0, 0.1) is 60.2 Å². The van der Waals surface area contributed by atoms with Crippen molar-refractivity contribution in [2.24, 2.45) is 46.3 Å². The van der Waals surface area contributed by atoms with Crippen molar-refractivity contribution < 1.29 is 17.5 Å². The number of nitrogens with zero attached hydrogens (tertiary/aromatic N) is 1. The molecule has 1 N–H and O–H groups in total. The normalized spacial score (nSPS) is 33.3. The SMILES string of the molecule is Cc1cc[n+](C2CCC3(C)C(=CCC4C3CCC3(C)C(C(C)CCCC(C)C)CCC43)C2)cc1.Cc1ccc(S(=O)(=O)O)cc1. The molecule has 3 saturated carbocycles. The fraction of sp³-hybridized carbons (Fsp3) is 0.675. The molecular weight excluding hydrogens is 575 g/mol. The Morgan fingerprint density at radius 1 is 0.867 bits per heavy atom. The molecule has 0 amide bonds. The maximum atomic E-state index is 10.5. The Kier molecular flexibility index (Phi) is 10.4. The van der Waals surface area contributed by atoms with Gasteiger partial charge in [0.25, 0.3) is 10.1 Å². The van der Waals surface area contributed by atoms with Gasteiger partial charge in [0.15, 0.2) is 18.4 Å². The van der Waals surface area contributed by atoms with Crippen LogP contribution in [0.3, 0.4) is 0 Å². The molecule has 8 unspecified atom stereocenters. The summed E-state index contributed by atoms with van der Waals surface area (Å²) >= 11 is 0. The van der Waals surface area contributed by atoms with E-state index in [1.54, 1.807) is 12.1 Å². The minimum absolute atomic E-state index is 0.0666. The molecule has 1 heterocycles. The number of rotatable bonds is 7. The standard InChI is InChI=1S/C33H52N.C7H8O3S/c1-23(2)8-7-9-25(4)29-12-13-30-28-11-10-26-22-27(34-20-16-24(3)17-21-34)14-18-32(26,5)31(28)15-19-33(29,30)6;1-6-2-4-7(5-3-6)11(8,9)10/h10,16-17,20-21,23,25,27-31H,7-9,11-15,18-19,22H2,1-6H3;2-5H,1H3,(H,8,9,10)/q+1;. The zero-order valence-electron chi connectivity index (χ0n) is 29.1. The first-order valence-corrected chi connectivity index (χ1v) is 19.4. The lowest BCUT2D eigenvalue weighted by atomic mass is 9.47. The topological polar surface area (TPSA) is 58.2 Å². The summed E-state index contributed by atoms with van der Waals surface area (Å²) in [5, 5.41) is 0. The molecule has 1 aromatic heterocycles. The number of hydrogen-bond acceptors (Lipinski definition) is 2. The summed E-state index contributed by atoms with van der Waals surface area (Å²) in [7, 11) is -4.02. The van der Waals surface area contributed by atoms with Gasteiger partial charge in [0.2, 0.25) is 0 Å². The molecule has 0 aliphatic heterocycles. The van der Waals surface area contributed by atoms with Crippen LogP contribution in [-0.2, 0) is 10.1 Å². The summed E-state index contributed by atoms with van der Waals surface area (Å²) in [4.78, 5) is -0.0666. The van der Waals surface area contributed by atoms with Gasteiger partial charge in [-0.2, -0.15) is 8.42 Å². The summed E-state index contributed by atoms with van der Waals surface area (Å²) in [6.45, 7) is 16.8. The average Bonchev–Trinajstić information content (AvgIpc) is 3.34. The van der Waals surface area contributed by atoms with E-state index < -0.39 is 10.1 Å². The third-order valence-corrected chi connectivity index (χ3v) is 13.9. The first-order chi connectivity index (χ1) is 21.2. The Morgan fingerprint density at radius 2 is 1.53 bits per heavy atom. The van der Waals surface area contributed by atoms with E-state index in [2.05, 4.69) is 76.7 Å². The van der Waals surface area contributed by atoms with Gasteiger partial charge in [-0.3, -0.25) is 4.55 Å². The Labute approximate surface area is 274 Å². The van der Waals surface area contributed by atoms with Crippen LogP contribution in [0.5, 0.6) is 0 Å². The van der Waals surface area contributed by atoms with E-state index >= 15 is 0 Å². The predicted molar refractivity (Wildman–Crippen MR) is 184 cm³/mol. The first kappa shape index (κ1) is 34.4. The summed E-state index contributed by atoms with van der Waals surface area (Å²) in [5.41, 5.74) is 5.21. The van der Waals surface area contributed by atoms with Gasteiger partial charge in [-0.15, -0.1) is 0 Å². The van der Waals surface area contributed by atoms with Gasteiger partial charge in [0, 0.05) is 25.0 Å². The molecule has 6 rings (SSSR count). The van der Waals surface area contributed by atoms with E-state index in [9.17, 15) is 8.42 Å². The Morgan fingerprint density at radius 3 is 2.18 bits per heavy atom.